The fourth-order valence-electron chi connectivity index (χ4n) is 2.54. The molecule has 3 N–H and O–H groups in total. The molecule has 0 aliphatic carbocycles. The zero-order valence-corrected chi connectivity index (χ0v) is 9.77. The number of rotatable bonds is 1. The first-order valence-electron chi connectivity index (χ1n) is 5.76. The Morgan fingerprint density at radius 3 is 2.89 bits per heavy atom. The Bertz CT molecular complexity index is 577. The molecule has 2 heterocycles. The fourth-order valence-corrected chi connectivity index (χ4v) is 2.54. The number of ether oxygens (including phenoxy) is 1. The molecule has 1 aromatic rings. The number of benzene rings is 1. The van der Waals surface area contributed by atoms with Crippen LogP contribution in [0.5, 0.6) is 5.75 Å². The number of urea groups is 1. The van der Waals surface area contributed by atoms with Crippen LogP contribution in [0.25, 0.3) is 0 Å². The molecule has 1 unspecified atom stereocenters. The number of imide groups is 1. The van der Waals surface area contributed by atoms with Gasteiger partial charge in [-0.15, -0.1) is 0 Å². The molecule has 0 saturated carbocycles. The lowest BCUT2D eigenvalue weighted by molar-refractivity contribution is -0.126. The van der Waals surface area contributed by atoms with Crippen LogP contribution in [-0.4, -0.2) is 29.8 Å². The van der Waals surface area contributed by atoms with Crippen LogP contribution in [0, 0.1) is 5.82 Å². The van der Waals surface area contributed by atoms with E-state index in [1.54, 1.807) is 0 Å². The van der Waals surface area contributed by atoms with Gasteiger partial charge in [0.05, 0.1) is 6.61 Å². The summed E-state index contributed by atoms with van der Waals surface area (Å²) in [4.78, 5) is 23.4. The molecule has 0 radical (unpaired) electrons. The van der Waals surface area contributed by atoms with Crippen molar-refractivity contribution >= 4 is 11.9 Å². The lowest BCUT2D eigenvalue weighted by Crippen LogP contribution is -2.51. The summed E-state index contributed by atoms with van der Waals surface area (Å²) in [6.45, 7) is -0.304. The fraction of sp³-hybridized carbons (Fsp3) is 0.333. The molecule has 3 rings (SSSR count). The van der Waals surface area contributed by atoms with Gasteiger partial charge in [-0.3, -0.25) is 10.1 Å². The molecule has 6 nitrogen and oxygen atoms in total. The lowest BCUT2D eigenvalue weighted by atomic mass is 9.82. The predicted molar refractivity (Wildman–Crippen MR) is 60.9 cm³/mol. The number of nitrogens with one attached hydrogen (secondary N) is 2. The normalized spacial score (nSPS) is 28.6. The van der Waals surface area contributed by atoms with E-state index in [1.807, 2.05) is 0 Å². The monoisotopic (exact) mass is 266 g/mol. The standard InChI is InChI=1S/C12H11FN2O4/c13-6-1-2-9-8(3-6)12(4-7(5-16)19-9)10(17)14-11(18)15-12/h1-3,7,16H,4-5H2,(H2,14,15,17,18)/t7-,12?/m1/s1. The largest absolute Gasteiger partial charge is 0.488 e. The Morgan fingerprint density at radius 2 is 2.26 bits per heavy atom. The lowest BCUT2D eigenvalue weighted by Gasteiger charge is -2.36. The van der Waals surface area contributed by atoms with Crippen molar-refractivity contribution in [2.24, 2.45) is 0 Å². The number of amides is 3. The van der Waals surface area contributed by atoms with E-state index in [1.165, 1.54) is 12.1 Å². The molecule has 2 atom stereocenters. The van der Waals surface area contributed by atoms with Crippen LogP contribution < -0.4 is 15.4 Å². The van der Waals surface area contributed by atoms with E-state index < -0.39 is 29.4 Å². The van der Waals surface area contributed by atoms with Gasteiger partial charge in [0, 0.05) is 12.0 Å². The van der Waals surface area contributed by atoms with Crippen molar-refractivity contribution in [1.29, 1.82) is 0 Å². The SMILES string of the molecule is O=C1NC(=O)C2(C[C@H](CO)Oc3ccc(F)cc32)N1. The highest BCUT2D eigenvalue weighted by molar-refractivity contribution is 6.07. The van der Waals surface area contributed by atoms with E-state index in [0.717, 1.165) is 6.07 Å². The van der Waals surface area contributed by atoms with Crippen molar-refractivity contribution in [3.8, 4) is 5.75 Å². The minimum Gasteiger partial charge on any atom is -0.488 e. The topological polar surface area (TPSA) is 87.7 Å². The second-order valence-electron chi connectivity index (χ2n) is 4.58. The van der Waals surface area contributed by atoms with Crippen LogP contribution in [-0.2, 0) is 10.3 Å². The summed E-state index contributed by atoms with van der Waals surface area (Å²) in [5.41, 5.74) is -1.11. The molecule has 1 fully saturated rings. The molecule has 1 aromatic carbocycles. The Kier molecular flexibility index (Phi) is 2.46. The maximum atomic E-state index is 13.4. The van der Waals surface area contributed by atoms with Gasteiger partial charge in [-0.2, -0.15) is 0 Å². The first-order chi connectivity index (χ1) is 9.05. The Hall–Kier alpha value is -2.15. The summed E-state index contributed by atoms with van der Waals surface area (Å²) in [7, 11) is 0. The third-order valence-electron chi connectivity index (χ3n) is 3.37. The van der Waals surface area contributed by atoms with E-state index in [0.29, 0.717) is 0 Å². The Morgan fingerprint density at radius 1 is 1.47 bits per heavy atom. The van der Waals surface area contributed by atoms with E-state index in [-0.39, 0.29) is 24.3 Å². The van der Waals surface area contributed by atoms with Gasteiger partial charge in [-0.1, -0.05) is 0 Å². The van der Waals surface area contributed by atoms with E-state index in [2.05, 4.69) is 10.6 Å². The highest BCUT2D eigenvalue weighted by atomic mass is 19.1. The number of aliphatic hydroxyl groups is 1. The van der Waals surface area contributed by atoms with Gasteiger partial charge >= 0.3 is 6.03 Å². The molecule has 2 aliphatic rings. The zero-order valence-electron chi connectivity index (χ0n) is 9.77. The summed E-state index contributed by atoms with van der Waals surface area (Å²) in [5.74, 6) is -0.812. The van der Waals surface area contributed by atoms with Crippen molar-refractivity contribution in [3.63, 3.8) is 0 Å². The van der Waals surface area contributed by atoms with Crippen LogP contribution in [0.4, 0.5) is 9.18 Å². The summed E-state index contributed by atoms with van der Waals surface area (Å²) in [6.07, 6.45) is -0.584. The molecule has 100 valence electrons. The number of carbonyl (C=O) groups is 2. The van der Waals surface area contributed by atoms with E-state index in [4.69, 9.17) is 4.74 Å². The molecular formula is C12H11FN2O4. The molecule has 1 saturated heterocycles. The van der Waals surface area contributed by atoms with Crippen LogP contribution in [0.2, 0.25) is 0 Å². The quantitative estimate of drug-likeness (QED) is 0.624. The molecule has 1 spiro atoms. The predicted octanol–water partition coefficient (Wildman–Crippen LogP) is 0.00380. The Labute approximate surface area is 107 Å². The number of hydrogen-bond donors (Lipinski definition) is 3. The smallest absolute Gasteiger partial charge is 0.322 e. The van der Waals surface area contributed by atoms with Gasteiger partial charge in [0.15, 0.2) is 5.54 Å². The van der Waals surface area contributed by atoms with Gasteiger partial charge in [0.25, 0.3) is 5.91 Å². The molecule has 2 aliphatic heterocycles. The minimum atomic E-state index is -1.37. The number of fused-ring (bicyclic) bond motifs is 2. The van der Waals surface area contributed by atoms with Gasteiger partial charge in [0.2, 0.25) is 0 Å². The molecule has 0 bridgehead atoms. The van der Waals surface area contributed by atoms with Gasteiger partial charge in [0.1, 0.15) is 17.7 Å². The van der Waals surface area contributed by atoms with Crippen LogP contribution in [0.15, 0.2) is 18.2 Å². The average Bonchev–Trinajstić information content (AvgIpc) is 2.65. The summed E-state index contributed by atoms with van der Waals surface area (Å²) < 4.78 is 18.8. The van der Waals surface area contributed by atoms with Crippen molar-refractivity contribution in [1.82, 2.24) is 10.6 Å². The van der Waals surface area contributed by atoms with Crippen molar-refractivity contribution in [3.05, 3.63) is 29.6 Å². The summed E-state index contributed by atoms with van der Waals surface area (Å²) in [6, 6.07) is 3.10. The summed E-state index contributed by atoms with van der Waals surface area (Å²) in [5, 5.41) is 13.9. The second-order valence-corrected chi connectivity index (χ2v) is 4.58. The van der Waals surface area contributed by atoms with Gasteiger partial charge < -0.3 is 15.2 Å². The molecule has 19 heavy (non-hydrogen) atoms. The average molecular weight is 266 g/mol. The number of halogens is 1. The minimum absolute atomic E-state index is 0.0531. The highest BCUT2D eigenvalue weighted by Crippen LogP contribution is 2.41. The van der Waals surface area contributed by atoms with Crippen molar-refractivity contribution in [2.45, 2.75) is 18.1 Å². The molecule has 0 aromatic heterocycles. The van der Waals surface area contributed by atoms with Crippen molar-refractivity contribution < 1.29 is 23.8 Å². The first kappa shape index (κ1) is 11.9. The van der Waals surface area contributed by atoms with Gasteiger partial charge in [-0.25, -0.2) is 9.18 Å². The molecule has 3 amide bonds. The summed E-state index contributed by atoms with van der Waals surface area (Å²) >= 11 is 0. The molecular weight excluding hydrogens is 255 g/mol. The van der Waals surface area contributed by atoms with Crippen LogP contribution >= 0.6 is 0 Å². The van der Waals surface area contributed by atoms with Crippen molar-refractivity contribution in [2.75, 3.05) is 6.61 Å². The van der Waals surface area contributed by atoms with E-state index in [9.17, 15) is 19.1 Å². The third-order valence-corrected chi connectivity index (χ3v) is 3.37. The highest BCUT2D eigenvalue weighted by Gasteiger charge is 2.53. The Balaban J connectivity index is 2.17. The number of aliphatic hydroxyl groups excluding tert-OH is 1. The van der Waals surface area contributed by atoms with Crippen LogP contribution in [0.3, 0.4) is 0 Å². The number of hydrogen-bond acceptors (Lipinski definition) is 4. The number of carbonyl (C=O) groups excluding carboxylic acids is 2. The molecule has 7 heteroatoms. The second kappa shape index (κ2) is 3.92. The maximum absolute atomic E-state index is 13.4. The zero-order chi connectivity index (χ0) is 13.6. The van der Waals surface area contributed by atoms with Gasteiger partial charge in [-0.05, 0) is 18.2 Å². The van der Waals surface area contributed by atoms with E-state index >= 15 is 0 Å². The van der Waals surface area contributed by atoms with Crippen LogP contribution in [0.1, 0.15) is 12.0 Å². The third kappa shape index (κ3) is 1.66. The first-order valence-corrected chi connectivity index (χ1v) is 5.76. The maximum Gasteiger partial charge on any atom is 0.322 e.